The maximum Gasteiger partial charge on any atom is 0.340 e. The van der Waals surface area contributed by atoms with Crippen molar-refractivity contribution in [2.45, 2.75) is 19.6 Å². The Kier molecular flexibility index (Phi) is 6.58. The molecule has 7 heteroatoms. The molecule has 6 nitrogen and oxygen atoms in total. The summed E-state index contributed by atoms with van der Waals surface area (Å²) in [4.78, 5) is 32.8. The van der Waals surface area contributed by atoms with Crippen LogP contribution in [0, 0.1) is 0 Å². The van der Waals surface area contributed by atoms with E-state index >= 15 is 0 Å². The first-order valence-corrected chi connectivity index (χ1v) is 9.69. The van der Waals surface area contributed by atoms with Gasteiger partial charge in [-0.2, -0.15) is 0 Å². The number of hydrogen-bond donors (Lipinski definition) is 0. The lowest BCUT2D eigenvalue weighted by atomic mass is 10.2. The van der Waals surface area contributed by atoms with Crippen molar-refractivity contribution in [1.29, 1.82) is 0 Å². The van der Waals surface area contributed by atoms with E-state index in [9.17, 15) is 9.59 Å². The lowest BCUT2D eigenvalue weighted by molar-refractivity contribution is -0.141. The molecule has 0 spiro atoms. The number of carbonyl (C=O) groups is 2. The predicted octanol–water partition coefficient (Wildman–Crippen LogP) is 2.73. The summed E-state index contributed by atoms with van der Waals surface area (Å²) in [5.74, 6) is -0.710. The predicted molar refractivity (Wildman–Crippen MR) is 105 cm³/mol. The summed E-state index contributed by atoms with van der Waals surface area (Å²) in [7, 11) is 0. The van der Waals surface area contributed by atoms with Crippen molar-refractivity contribution in [2.24, 2.45) is 0 Å². The van der Waals surface area contributed by atoms with Gasteiger partial charge in [0, 0.05) is 49.6 Å². The molecule has 2 aromatic rings. The third-order valence-electron chi connectivity index (χ3n) is 4.51. The minimum Gasteiger partial charge on any atom is -0.449 e. The van der Waals surface area contributed by atoms with E-state index in [2.05, 4.69) is 37.9 Å². The van der Waals surface area contributed by atoms with Gasteiger partial charge in [-0.25, -0.2) is 4.79 Å². The first-order chi connectivity index (χ1) is 13.0. The molecule has 0 saturated carbocycles. The highest BCUT2D eigenvalue weighted by Gasteiger charge is 2.27. The number of ether oxygens (including phenoxy) is 1. The molecule has 1 amide bonds. The van der Waals surface area contributed by atoms with Gasteiger partial charge in [-0.3, -0.25) is 14.7 Å². The molecule has 1 aliphatic rings. The summed E-state index contributed by atoms with van der Waals surface area (Å²) in [6, 6.07) is 11.9. The zero-order chi connectivity index (χ0) is 19.2. The summed E-state index contributed by atoms with van der Waals surface area (Å²) >= 11 is 3.27. The number of nitrogens with zero attached hydrogens (tertiary/aromatic N) is 3. The molecule has 1 fully saturated rings. The summed E-state index contributed by atoms with van der Waals surface area (Å²) in [6.07, 6.45) is 2.18. The van der Waals surface area contributed by atoms with E-state index in [1.165, 1.54) is 11.8 Å². The van der Waals surface area contributed by atoms with Crippen LogP contribution in [0.5, 0.6) is 0 Å². The quantitative estimate of drug-likeness (QED) is 0.681. The molecule has 1 aromatic carbocycles. The number of piperazine rings is 1. The van der Waals surface area contributed by atoms with Crippen molar-refractivity contribution in [3.63, 3.8) is 0 Å². The van der Waals surface area contributed by atoms with Gasteiger partial charge in [-0.05, 0) is 34.5 Å². The number of benzene rings is 1. The number of carbonyl (C=O) groups excluding carboxylic acids is 2. The third-order valence-corrected chi connectivity index (χ3v) is 4.94. The van der Waals surface area contributed by atoms with Crippen LogP contribution in [-0.4, -0.2) is 58.9 Å². The molecule has 142 valence electrons. The fraction of sp³-hybridized carbons (Fsp3) is 0.350. The second-order valence-corrected chi connectivity index (χ2v) is 7.44. The van der Waals surface area contributed by atoms with E-state index in [1.54, 1.807) is 24.1 Å². The molecule has 1 aliphatic heterocycles. The van der Waals surface area contributed by atoms with Gasteiger partial charge in [0.2, 0.25) is 0 Å². The first kappa shape index (κ1) is 19.5. The van der Waals surface area contributed by atoms with E-state index in [4.69, 9.17) is 4.74 Å². The summed E-state index contributed by atoms with van der Waals surface area (Å²) in [6.45, 7) is 5.36. The molecular formula is C20H22BrN3O3. The Bertz CT molecular complexity index is 792. The number of pyridine rings is 1. The molecule has 3 rings (SSSR count). The molecule has 0 bridgehead atoms. The lowest BCUT2D eigenvalue weighted by Gasteiger charge is -2.35. The van der Waals surface area contributed by atoms with Crippen molar-refractivity contribution in [1.82, 2.24) is 14.8 Å². The number of esters is 1. The number of aromatic nitrogens is 1. The van der Waals surface area contributed by atoms with Crippen LogP contribution in [0.2, 0.25) is 0 Å². The Morgan fingerprint density at radius 1 is 1.15 bits per heavy atom. The van der Waals surface area contributed by atoms with E-state index in [1.807, 2.05) is 18.2 Å². The van der Waals surface area contributed by atoms with E-state index in [-0.39, 0.29) is 5.91 Å². The zero-order valence-corrected chi connectivity index (χ0v) is 16.8. The van der Waals surface area contributed by atoms with Gasteiger partial charge < -0.3 is 9.64 Å². The topological polar surface area (TPSA) is 62.7 Å². The molecule has 27 heavy (non-hydrogen) atoms. The van der Waals surface area contributed by atoms with Crippen LogP contribution in [0.3, 0.4) is 0 Å². The molecule has 0 N–H and O–H groups in total. The second-order valence-electron chi connectivity index (χ2n) is 6.53. The van der Waals surface area contributed by atoms with Gasteiger partial charge in [0.25, 0.3) is 5.91 Å². The summed E-state index contributed by atoms with van der Waals surface area (Å²) < 4.78 is 6.01. The lowest BCUT2D eigenvalue weighted by Crippen LogP contribution is -2.51. The van der Waals surface area contributed by atoms with E-state index in [0.717, 1.165) is 19.6 Å². The second kappa shape index (κ2) is 9.10. The van der Waals surface area contributed by atoms with Crippen LogP contribution >= 0.6 is 15.9 Å². The molecule has 2 heterocycles. The molecule has 0 radical (unpaired) electrons. The maximum atomic E-state index is 12.6. The third kappa shape index (κ3) is 5.37. The van der Waals surface area contributed by atoms with Crippen molar-refractivity contribution < 1.29 is 14.3 Å². The van der Waals surface area contributed by atoms with E-state index in [0.29, 0.717) is 23.1 Å². The Hall–Kier alpha value is -2.25. The normalized spacial score (nSPS) is 16.0. The summed E-state index contributed by atoms with van der Waals surface area (Å²) in [5.41, 5.74) is 1.58. The Labute approximate surface area is 167 Å². The maximum absolute atomic E-state index is 12.6. The van der Waals surface area contributed by atoms with Crippen LogP contribution in [0.4, 0.5) is 0 Å². The standard InChI is InChI=1S/C20H22BrN3O3/c1-15(27-20(26)17-11-18(21)13-22-12-17)19(25)24-9-7-23(8-10-24)14-16-5-3-2-4-6-16/h2-6,11-13,15H,7-10,14H2,1H3. The number of rotatable bonds is 5. The van der Waals surface area contributed by atoms with Gasteiger partial charge in [0.15, 0.2) is 6.10 Å². The fourth-order valence-corrected chi connectivity index (χ4v) is 3.39. The largest absolute Gasteiger partial charge is 0.449 e. The highest BCUT2D eigenvalue weighted by Crippen LogP contribution is 2.13. The van der Waals surface area contributed by atoms with Gasteiger partial charge in [-0.1, -0.05) is 30.3 Å². The van der Waals surface area contributed by atoms with Gasteiger partial charge in [-0.15, -0.1) is 0 Å². The van der Waals surface area contributed by atoms with Gasteiger partial charge in [0.1, 0.15) is 0 Å². The van der Waals surface area contributed by atoms with Crippen molar-refractivity contribution in [3.05, 3.63) is 64.4 Å². The van der Waals surface area contributed by atoms with Crippen molar-refractivity contribution >= 4 is 27.8 Å². The average molecular weight is 432 g/mol. The monoisotopic (exact) mass is 431 g/mol. The molecule has 1 atom stereocenters. The Morgan fingerprint density at radius 3 is 2.52 bits per heavy atom. The summed E-state index contributed by atoms with van der Waals surface area (Å²) in [5, 5.41) is 0. The van der Waals surface area contributed by atoms with Crippen LogP contribution in [0.15, 0.2) is 53.3 Å². The van der Waals surface area contributed by atoms with Crippen LogP contribution < -0.4 is 0 Å². The number of hydrogen-bond acceptors (Lipinski definition) is 5. The Morgan fingerprint density at radius 2 is 1.85 bits per heavy atom. The smallest absolute Gasteiger partial charge is 0.340 e. The molecule has 1 saturated heterocycles. The van der Waals surface area contributed by atoms with Crippen molar-refractivity contribution in [2.75, 3.05) is 26.2 Å². The highest BCUT2D eigenvalue weighted by molar-refractivity contribution is 9.10. The molecule has 1 aromatic heterocycles. The highest BCUT2D eigenvalue weighted by atomic mass is 79.9. The minimum atomic E-state index is -0.822. The molecule has 0 aliphatic carbocycles. The fourth-order valence-electron chi connectivity index (χ4n) is 3.03. The van der Waals surface area contributed by atoms with Crippen LogP contribution in [-0.2, 0) is 16.1 Å². The number of halogens is 1. The first-order valence-electron chi connectivity index (χ1n) is 8.89. The number of amides is 1. The van der Waals surface area contributed by atoms with Gasteiger partial charge in [0.05, 0.1) is 5.56 Å². The average Bonchev–Trinajstić information content (AvgIpc) is 2.69. The zero-order valence-electron chi connectivity index (χ0n) is 15.2. The van der Waals surface area contributed by atoms with Crippen molar-refractivity contribution in [3.8, 4) is 0 Å². The van der Waals surface area contributed by atoms with Crippen LogP contribution in [0.25, 0.3) is 0 Å². The molecular weight excluding hydrogens is 410 g/mol. The Balaban J connectivity index is 1.49. The van der Waals surface area contributed by atoms with Crippen LogP contribution in [0.1, 0.15) is 22.8 Å². The SMILES string of the molecule is CC(OC(=O)c1cncc(Br)c1)C(=O)N1CCN(Cc2ccccc2)CC1. The van der Waals surface area contributed by atoms with E-state index < -0.39 is 12.1 Å². The minimum absolute atomic E-state index is 0.161. The molecule has 1 unspecified atom stereocenters. The van der Waals surface area contributed by atoms with Gasteiger partial charge >= 0.3 is 5.97 Å².